The van der Waals surface area contributed by atoms with Crippen LogP contribution in [0.15, 0.2) is 16.9 Å². The Bertz CT molecular complexity index is 400. The van der Waals surface area contributed by atoms with Gasteiger partial charge in [0.15, 0.2) is 0 Å². The molecule has 0 saturated heterocycles. The fraction of sp³-hybridized carbons (Fsp3) is 0.250. The first-order valence-electron chi connectivity index (χ1n) is 3.72. The van der Waals surface area contributed by atoms with E-state index in [1.165, 1.54) is 0 Å². The van der Waals surface area contributed by atoms with Crippen LogP contribution in [0.2, 0.25) is 0 Å². The van der Waals surface area contributed by atoms with Crippen molar-refractivity contribution < 1.29 is 18.7 Å². The van der Waals surface area contributed by atoms with E-state index in [0.29, 0.717) is 0 Å². The van der Waals surface area contributed by atoms with E-state index in [2.05, 4.69) is 4.98 Å². The molecule has 0 bridgehead atoms. The van der Waals surface area contributed by atoms with Crippen LogP contribution in [0.25, 0.3) is 0 Å². The molecule has 0 amide bonds. The Labute approximate surface area is 77.2 Å². The van der Waals surface area contributed by atoms with Gasteiger partial charge in [-0.15, -0.1) is 0 Å². The van der Waals surface area contributed by atoms with Gasteiger partial charge in [-0.05, 0) is 6.07 Å². The number of rotatable bonds is 3. The van der Waals surface area contributed by atoms with Crippen LogP contribution >= 0.6 is 0 Å². The summed E-state index contributed by atoms with van der Waals surface area (Å²) in [5.41, 5.74) is -1.29. The zero-order valence-electron chi connectivity index (χ0n) is 6.96. The Hall–Kier alpha value is -1.72. The zero-order chi connectivity index (χ0) is 10.7. The highest BCUT2D eigenvalue weighted by molar-refractivity contribution is 5.70. The third kappa shape index (κ3) is 2.38. The summed E-state index contributed by atoms with van der Waals surface area (Å²) in [7, 11) is 0. The molecule has 0 aliphatic carbocycles. The number of carboxylic acids is 1. The predicted octanol–water partition coefficient (Wildman–Crippen LogP) is 0.940. The Morgan fingerprint density at radius 3 is 2.64 bits per heavy atom. The Morgan fingerprint density at radius 1 is 1.50 bits per heavy atom. The van der Waals surface area contributed by atoms with Crippen molar-refractivity contribution >= 4 is 5.97 Å². The smallest absolute Gasteiger partial charge is 0.309 e. The number of halogens is 2. The van der Waals surface area contributed by atoms with E-state index in [9.17, 15) is 18.4 Å². The van der Waals surface area contributed by atoms with Crippen molar-refractivity contribution in [2.24, 2.45) is 0 Å². The largest absolute Gasteiger partial charge is 0.481 e. The molecule has 0 unspecified atom stereocenters. The lowest BCUT2D eigenvalue weighted by Gasteiger charge is -2.05. The molecule has 1 rings (SSSR count). The summed E-state index contributed by atoms with van der Waals surface area (Å²) < 4.78 is 24.6. The summed E-state index contributed by atoms with van der Waals surface area (Å²) in [5, 5.41) is 8.40. The molecule has 2 N–H and O–H groups in total. The number of carbonyl (C=O) groups is 1. The number of hydrogen-bond donors (Lipinski definition) is 2. The molecule has 0 radical (unpaired) electrons. The van der Waals surface area contributed by atoms with Crippen LogP contribution in [-0.4, -0.2) is 16.1 Å². The van der Waals surface area contributed by atoms with Gasteiger partial charge in [-0.1, -0.05) is 0 Å². The number of aliphatic carboxylic acids is 1. The lowest BCUT2D eigenvalue weighted by atomic mass is 10.1. The number of pyridine rings is 1. The first-order valence-corrected chi connectivity index (χ1v) is 3.72. The number of carboxylic acid groups (broad SMARTS) is 1. The first-order chi connectivity index (χ1) is 6.50. The number of nitrogens with one attached hydrogen (secondary N) is 1. The van der Waals surface area contributed by atoms with Crippen molar-refractivity contribution in [3.8, 4) is 0 Å². The lowest BCUT2D eigenvalue weighted by molar-refractivity contribution is -0.136. The molecular weight excluding hydrogens is 196 g/mol. The summed E-state index contributed by atoms with van der Waals surface area (Å²) in [6.07, 6.45) is -3.41. The van der Waals surface area contributed by atoms with Crippen molar-refractivity contribution in [1.29, 1.82) is 0 Å². The molecule has 1 aromatic rings. The van der Waals surface area contributed by atoms with E-state index >= 15 is 0 Å². The van der Waals surface area contributed by atoms with Crippen LogP contribution in [-0.2, 0) is 11.2 Å². The second kappa shape index (κ2) is 3.99. The maximum absolute atomic E-state index is 12.3. The van der Waals surface area contributed by atoms with Crippen molar-refractivity contribution in [3.05, 3.63) is 33.7 Å². The second-order valence-corrected chi connectivity index (χ2v) is 2.63. The number of aromatic nitrogens is 1. The highest BCUT2D eigenvalue weighted by Crippen LogP contribution is 2.20. The van der Waals surface area contributed by atoms with Gasteiger partial charge in [-0.2, -0.15) is 0 Å². The summed E-state index contributed by atoms with van der Waals surface area (Å²) in [5.74, 6) is -1.27. The molecule has 0 aromatic carbocycles. The van der Waals surface area contributed by atoms with Crippen LogP contribution in [0.5, 0.6) is 0 Å². The molecule has 0 aliphatic rings. The molecule has 1 heterocycles. The third-order valence-electron chi connectivity index (χ3n) is 1.60. The second-order valence-electron chi connectivity index (χ2n) is 2.63. The first kappa shape index (κ1) is 10.4. The normalized spacial score (nSPS) is 10.5. The lowest BCUT2D eigenvalue weighted by Crippen LogP contribution is -2.14. The van der Waals surface area contributed by atoms with Crippen LogP contribution < -0.4 is 5.56 Å². The molecule has 4 nitrogen and oxygen atoms in total. The number of aromatic amines is 1. The van der Waals surface area contributed by atoms with Crippen molar-refractivity contribution in [2.45, 2.75) is 12.8 Å². The maximum atomic E-state index is 12.3. The molecule has 76 valence electrons. The quantitative estimate of drug-likeness (QED) is 0.767. The summed E-state index contributed by atoms with van der Waals surface area (Å²) in [4.78, 5) is 23.1. The molecule has 14 heavy (non-hydrogen) atoms. The van der Waals surface area contributed by atoms with E-state index in [1.807, 2.05) is 0 Å². The number of alkyl halides is 2. The van der Waals surface area contributed by atoms with Crippen LogP contribution in [0.4, 0.5) is 8.78 Å². The Balaban J connectivity index is 3.15. The Morgan fingerprint density at radius 2 is 2.14 bits per heavy atom. The van der Waals surface area contributed by atoms with Crippen molar-refractivity contribution in [2.75, 3.05) is 0 Å². The molecule has 0 saturated carbocycles. The van der Waals surface area contributed by atoms with Crippen LogP contribution in [0.3, 0.4) is 0 Å². The average Bonchev–Trinajstić information content (AvgIpc) is 2.01. The van der Waals surface area contributed by atoms with Gasteiger partial charge in [0, 0.05) is 17.3 Å². The van der Waals surface area contributed by atoms with Gasteiger partial charge in [0.2, 0.25) is 5.56 Å². The monoisotopic (exact) mass is 203 g/mol. The molecule has 0 spiro atoms. The number of hydrogen-bond acceptors (Lipinski definition) is 2. The minimum Gasteiger partial charge on any atom is -0.481 e. The zero-order valence-corrected chi connectivity index (χ0v) is 6.96. The van der Waals surface area contributed by atoms with Crippen LogP contribution in [0.1, 0.15) is 17.7 Å². The maximum Gasteiger partial charge on any atom is 0.309 e. The third-order valence-corrected chi connectivity index (χ3v) is 1.60. The summed E-state index contributed by atoms with van der Waals surface area (Å²) >= 11 is 0. The van der Waals surface area contributed by atoms with Gasteiger partial charge in [0.1, 0.15) is 0 Å². The van der Waals surface area contributed by atoms with E-state index in [4.69, 9.17) is 5.11 Å². The van der Waals surface area contributed by atoms with E-state index in [1.54, 1.807) is 0 Å². The molecule has 0 fully saturated rings. The van der Waals surface area contributed by atoms with Crippen LogP contribution in [0, 0.1) is 0 Å². The van der Waals surface area contributed by atoms with Gasteiger partial charge < -0.3 is 10.1 Å². The van der Waals surface area contributed by atoms with E-state index in [-0.39, 0.29) is 5.69 Å². The average molecular weight is 203 g/mol. The standard InChI is InChI=1S/C8H7F2NO3/c9-8(10)4-1-2-6(12)11-5(4)3-7(13)14/h1-2,8H,3H2,(H,11,12)(H,13,14). The molecule has 0 atom stereocenters. The van der Waals surface area contributed by atoms with Gasteiger partial charge in [-0.3, -0.25) is 9.59 Å². The SMILES string of the molecule is O=C(O)Cc1[nH]c(=O)ccc1C(F)F. The van der Waals surface area contributed by atoms with E-state index < -0.39 is 29.9 Å². The highest BCUT2D eigenvalue weighted by atomic mass is 19.3. The van der Waals surface area contributed by atoms with E-state index in [0.717, 1.165) is 12.1 Å². The van der Waals surface area contributed by atoms with Crippen molar-refractivity contribution in [3.63, 3.8) is 0 Å². The van der Waals surface area contributed by atoms with Gasteiger partial charge in [0.25, 0.3) is 6.43 Å². The van der Waals surface area contributed by atoms with Gasteiger partial charge in [-0.25, -0.2) is 8.78 Å². The number of H-pyrrole nitrogens is 1. The highest BCUT2D eigenvalue weighted by Gasteiger charge is 2.15. The fourth-order valence-corrected chi connectivity index (χ4v) is 1.03. The molecule has 1 aromatic heterocycles. The molecule has 0 aliphatic heterocycles. The molecule has 6 heteroatoms. The minimum absolute atomic E-state index is 0.250. The Kier molecular flexibility index (Phi) is 2.95. The summed E-state index contributed by atoms with van der Waals surface area (Å²) in [6.45, 7) is 0. The topological polar surface area (TPSA) is 70.2 Å². The van der Waals surface area contributed by atoms with Gasteiger partial charge in [0.05, 0.1) is 6.42 Å². The van der Waals surface area contributed by atoms with Gasteiger partial charge >= 0.3 is 5.97 Å². The minimum atomic E-state index is -2.79. The molecular formula is C8H7F2NO3. The van der Waals surface area contributed by atoms with Crippen molar-refractivity contribution in [1.82, 2.24) is 4.98 Å². The fourth-order valence-electron chi connectivity index (χ4n) is 1.03. The summed E-state index contributed by atoms with van der Waals surface area (Å²) in [6, 6.07) is 1.87. The predicted molar refractivity (Wildman–Crippen MR) is 43.4 cm³/mol.